The molecule has 1 heterocycles. The largest absolute Gasteiger partial charge is 0.489 e. The molecule has 1 aliphatic heterocycles. The molecule has 1 saturated heterocycles. The zero-order valence-electron chi connectivity index (χ0n) is 17.4. The lowest BCUT2D eigenvalue weighted by molar-refractivity contribution is -0.127. The molecule has 32 heavy (non-hydrogen) atoms. The van der Waals surface area contributed by atoms with Gasteiger partial charge >= 0.3 is 0 Å². The number of nitrogens with zero attached hydrogens (tertiary/aromatic N) is 1. The van der Waals surface area contributed by atoms with Crippen molar-refractivity contribution in [2.75, 3.05) is 0 Å². The summed E-state index contributed by atoms with van der Waals surface area (Å²) in [6.07, 6.45) is 0.412. The monoisotopic (exact) mass is 529 g/mol. The standard InChI is InChI=1S/C25H21BrClNO3S/c1-16-2-4-18(5-3-16)15-31-22-11-8-20(26)12-19(22)13-23-24(29)28(25(30)32-23)14-17-6-9-21(27)10-7-17/h2-12,23H,13-15H2,1H3/t23-/m1/s1. The maximum atomic E-state index is 13.0. The van der Waals surface area contributed by atoms with Gasteiger partial charge in [0, 0.05) is 9.50 Å². The third-order valence-corrected chi connectivity index (χ3v) is 7.02. The molecule has 3 aromatic carbocycles. The molecule has 0 aliphatic carbocycles. The number of carbonyl (C=O) groups is 2. The zero-order valence-corrected chi connectivity index (χ0v) is 20.5. The van der Waals surface area contributed by atoms with Crippen molar-refractivity contribution in [1.82, 2.24) is 4.90 Å². The van der Waals surface area contributed by atoms with E-state index in [0.29, 0.717) is 23.8 Å². The summed E-state index contributed by atoms with van der Waals surface area (Å²) in [5.74, 6) is 0.533. The summed E-state index contributed by atoms with van der Waals surface area (Å²) < 4.78 is 6.97. The van der Waals surface area contributed by atoms with Gasteiger partial charge in [0.1, 0.15) is 12.4 Å². The molecule has 0 aromatic heterocycles. The molecule has 0 bridgehead atoms. The van der Waals surface area contributed by atoms with Gasteiger partial charge < -0.3 is 4.74 Å². The smallest absolute Gasteiger partial charge is 0.289 e. The number of hydrogen-bond donors (Lipinski definition) is 0. The lowest BCUT2D eigenvalue weighted by Crippen LogP contribution is -2.31. The molecular weight excluding hydrogens is 510 g/mol. The van der Waals surface area contributed by atoms with Gasteiger partial charge in [0.25, 0.3) is 5.24 Å². The zero-order chi connectivity index (χ0) is 22.7. The summed E-state index contributed by atoms with van der Waals surface area (Å²) in [5, 5.41) is -0.0919. The Labute approximate surface area is 205 Å². The van der Waals surface area contributed by atoms with Gasteiger partial charge in [-0.1, -0.05) is 81.3 Å². The molecule has 7 heteroatoms. The van der Waals surface area contributed by atoms with Crippen molar-refractivity contribution in [3.8, 4) is 5.75 Å². The Balaban J connectivity index is 1.46. The van der Waals surface area contributed by atoms with Crippen LogP contribution in [0.5, 0.6) is 5.75 Å². The van der Waals surface area contributed by atoms with Gasteiger partial charge in [0.05, 0.1) is 11.8 Å². The second-order valence-electron chi connectivity index (χ2n) is 7.65. The van der Waals surface area contributed by atoms with E-state index in [9.17, 15) is 9.59 Å². The Kier molecular flexibility index (Phi) is 7.23. The highest BCUT2D eigenvalue weighted by molar-refractivity contribution is 9.10. The molecule has 0 unspecified atom stereocenters. The van der Waals surface area contributed by atoms with Crippen molar-refractivity contribution in [3.05, 3.63) is 98.5 Å². The Bertz CT molecular complexity index is 1130. The fourth-order valence-corrected chi connectivity index (χ4v) is 4.99. The van der Waals surface area contributed by atoms with Crippen LogP contribution in [-0.4, -0.2) is 21.3 Å². The van der Waals surface area contributed by atoms with Crippen molar-refractivity contribution in [2.45, 2.75) is 31.7 Å². The Morgan fingerprint density at radius 1 is 1.00 bits per heavy atom. The number of amides is 2. The molecule has 1 fully saturated rings. The Hall–Kier alpha value is -2.28. The van der Waals surface area contributed by atoms with E-state index in [1.807, 2.05) is 49.4 Å². The number of aryl methyl sites for hydroxylation is 1. The summed E-state index contributed by atoms with van der Waals surface area (Å²) in [6, 6.07) is 21.1. The summed E-state index contributed by atoms with van der Waals surface area (Å²) in [4.78, 5) is 26.9. The van der Waals surface area contributed by atoms with Crippen LogP contribution in [0.2, 0.25) is 5.02 Å². The first-order valence-corrected chi connectivity index (χ1v) is 12.2. The van der Waals surface area contributed by atoms with Crippen LogP contribution in [0, 0.1) is 6.92 Å². The molecule has 164 valence electrons. The maximum absolute atomic E-state index is 13.0. The topological polar surface area (TPSA) is 46.6 Å². The second-order valence-corrected chi connectivity index (χ2v) is 10.2. The van der Waals surface area contributed by atoms with E-state index < -0.39 is 5.25 Å². The van der Waals surface area contributed by atoms with E-state index >= 15 is 0 Å². The average molecular weight is 531 g/mol. The quantitative estimate of drug-likeness (QED) is 0.337. The molecule has 0 radical (unpaired) electrons. The van der Waals surface area contributed by atoms with Crippen LogP contribution in [-0.2, 0) is 24.4 Å². The third kappa shape index (κ3) is 5.55. The lowest BCUT2D eigenvalue weighted by Gasteiger charge is -2.16. The fraction of sp³-hybridized carbons (Fsp3) is 0.200. The minimum Gasteiger partial charge on any atom is -0.489 e. The van der Waals surface area contributed by atoms with Crippen molar-refractivity contribution in [1.29, 1.82) is 0 Å². The summed E-state index contributed by atoms with van der Waals surface area (Å²) in [5.41, 5.74) is 4.02. The van der Waals surface area contributed by atoms with Crippen LogP contribution >= 0.6 is 39.3 Å². The van der Waals surface area contributed by atoms with Gasteiger partial charge in [-0.3, -0.25) is 14.5 Å². The molecule has 2 amide bonds. The van der Waals surface area contributed by atoms with Crippen LogP contribution in [0.3, 0.4) is 0 Å². The van der Waals surface area contributed by atoms with Crippen molar-refractivity contribution in [3.63, 3.8) is 0 Å². The average Bonchev–Trinajstić information content (AvgIpc) is 3.03. The molecule has 4 nitrogen and oxygen atoms in total. The highest BCUT2D eigenvalue weighted by Crippen LogP contribution is 2.34. The number of rotatable bonds is 7. The van der Waals surface area contributed by atoms with Crippen LogP contribution in [0.1, 0.15) is 22.3 Å². The molecule has 0 N–H and O–H groups in total. The molecule has 3 aromatic rings. The van der Waals surface area contributed by atoms with Gasteiger partial charge in [0.2, 0.25) is 5.91 Å². The van der Waals surface area contributed by atoms with E-state index in [2.05, 4.69) is 28.1 Å². The molecule has 0 spiro atoms. The molecule has 1 atom stereocenters. The van der Waals surface area contributed by atoms with Crippen LogP contribution < -0.4 is 4.74 Å². The highest BCUT2D eigenvalue weighted by Gasteiger charge is 2.39. The molecular formula is C25H21BrClNO3S. The number of carbonyl (C=O) groups excluding carboxylic acids is 2. The van der Waals surface area contributed by atoms with Gasteiger partial charge in [0.15, 0.2) is 0 Å². The van der Waals surface area contributed by atoms with E-state index in [4.69, 9.17) is 16.3 Å². The van der Waals surface area contributed by atoms with Gasteiger partial charge in [-0.2, -0.15) is 0 Å². The highest BCUT2D eigenvalue weighted by atomic mass is 79.9. The van der Waals surface area contributed by atoms with Crippen LogP contribution in [0.4, 0.5) is 4.79 Å². The summed E-state index contributed by atoms with van der Waals surface area (Å²) >= 11 is 10.5. The molecule has 4 rings (SSSR count). The SMILES string of the molecule is Cc1ccc(COc2ccc(Br)cc2C[C@H]2SC(=O)N(Cc3ccc(Cl)cc3)C2=O)cc1. The van der Waals surface area contributed by atoms with E-state index in [0.717, 1.165) is 32.9 Å². The van der Waals surface area contributed by atoms with Crippen molar-refractivity contribution < 1.29 is 14.3 Å². The fourth-order valence-electron chi connectivity index (χ4n) is 3.44. The van der Waals surface area contributed by atoms with Gasteiger partial charge in [-0.05, 0) is 60.4 Å². The van der Waals surface area contributed by atoms with Crippen molar-refractivity contribution in [2.24, 2.45) is 0 Å². The first-order chi connectivity index (χ1) is 15.4. The third-order valence-electron chi connectivity index (χ3n) is 5.20. The van der Waals surface area contributed by atoms with E-state index in [-0.39, 0.29) is 17.7 Å². The van der Waals surface area contributed by atoms with Crippen LogP contribution in [0.25, 0.3) is 0 Å². The lowest BCUT2D eigenvalue weighted by atomic mass is 10.1. The molecule has 0 saturated carbocycles. The number of ether oxygens (including phenoxy) is 1. The first-order valence-electron chi connectivity index (χ1n) is 10.1. The number of benzene rings is 3. The van der Waals surface area contributed by atoms with E-state index in [1.165, 1.54) is 10.5 Å². The van der Waals surface area contributed by atoms with Gasteiger partial charge in [-0.25, -0.2) is 0 Å². The Morgan fingerprint density at radius 3 is 2.41 bits per heavy atom. The predicted molar refractivity (Wildman–Crippen MR) is 132 cm³/mol. The number of imide groups is 1. The minimum absolute atomic E-state index is 0.181. The molecule has 1 aliphatic rings. The Morgan fingerprint density at radius 2 is 1.69 bits per heavy atom. The van der Waals surface area contributed by atoms with E-state index in [1.54, 1.807) is 12.1 Å². The predicted octanol–water partition coefficient (Wildman–Crippen LogP) is 6.80. The number of halogens is 2. The van der Waals surface area contributed by atoms with Crippen LogP contribution in [0.15, 0.2) is 71.2 Å². The maximum Gasteiger partial charge on any atom is 0.289 e. The number of hydrogen-bond acceptors (Lipinski definition) is 4. The van der Waals surface area contributed by atoms with Gasteiger partial charge in [-0.15, -0.1) is 0 Å². The number of thioether (sulfide) groups is 1. The first kappa shape index (κ1) is 22.9. The normalized spacial score (nSPS) is 16.0. The second kappa shape index (κ2) is 10.1. The minimum atomic E-state index is -0.481. The summed E-state index contributed by atoms with van der Waals surface area (Å²) in [7, 11) is 0. The van der Waals surface area contributed by atoms with Crippen molar-refractivity contribution >= 4 is 50.4 Å². The summed E-state index contributed by atoms with van der Waals surface area (Å²) in [6.45, 7) is 2.72.